The van der Waals surface area contributed by atoms with Gasteiger partial charge in [-0.25, -0.2) is 0 Å². The smallest absolute Gasteiger partial charge is 0.303 e. The topological polar surface area (TPSA) is 46.5 Å². The summed E-state index contributed by atoms with van der Waals surface area (Å²) in [6, 6.07) is 0. The van der Waals surface area contributed by atoms with E-state index >= 15 is 0 Å². The third-order valence-corrected chi connectivity index (χ3v) is 2.93. The van der Waals surface area contributed by atoms with Crippen molar-refractivity contribution in [1.82, 2.24) is 0 Å². The van der Waals surface area contributed by atoms with Crippen molar-refractivity contribution in [2.75, 3.05) is 7.11 Å². The molecule has 1 aliphatic rings. The molecule has 3 nitrogen and oxygen atoms in total. The molecule has 2 unspecified atom stereocenters. The number of carboxylic acids is 1. The van der Waals surface area contributed by atoms with E-state index in [-0.39, 0.29) is 18.4 Å². The summed E-state index contributed by atoms with van der Waals surface area (Å²) in [5, 5.41) is 8.66. The summed E-state index contributed by atoms with van der Waals surface area (Å²) >= 11 is 3.40. The van der Waals surface area contributed by atoms with Gasteiger partial charge in [-0.1, -0.05) is 15.9 Å². The van der Waals surface area contributed by atoms with Gasteiger partial charge in [0.05, 0.1) is 12.5 Å². The van der Waals surface area contributed by atoms with Crippen LogP contribution in [-0.4, -0.2) is 24.3 Å². The van der Waals surface area contributed by atoms with E-state index in [9.17, 15) is 4.79 Å². The van der Waals surface area contributed by atoms with E-state index in [1.54, 1.807) is 7.11 Å². The molecule has 0 aromatic heterocycles. The molecule has 0 aliphatic heterocycles. The Morgan fingerprint density at radius 2 is 2.54 bits per heavy atom. The molecule has 0 aromatic carbocycles. The zero-order valence-corrected chi connectivity index (χ0v) is 9.08. The Balaban J connectivity index is 2.60. The summed E-state index contributed by atoms with van der Waals surface area (Å²) in [5.74, 6) is -0.637. The number of hydrogen-bond acceptors (Lipinski definition) is 2. The highest BCUT2D eigenvalue weighted by Crippen LogP contribution is 2.30. The van der Waals surface area contributed by atoms with E-state index in [4.69, 9.17) is 9.84 Å². The summed E-state index contributed by atoms with van der Waals surface area (Å²) in [6.07, 6.45) is 3.88. The van der Waals surface area contributed by atoms with Crippen molar-refractivity contribution in [3.8, 4) is 0 Å². The molecule has 0 aromatic rings. The molecule has 1 aliphatic carbocycles. The van der Waals surface area contributed by atoms with Gasteiger partial charge in [0, 0.05) is 7.11 Å². The molecule has 0 spiro atoms. The van der Waals surface area contributed by atoms with Crippen LogP contribution in [0.1, 0.15) is 19.3 Å². The van der Waals surface area contributed by atoms with Gasteiger partial charge in [0.1, 0.15) is 0 Å². The van der Waals surface area contributed by atoms with Crippen molar-refractivity contribution in [2.24, 2.45) is 5.92 Å². The maximum atomic E-state index is 10.5. The lowest BCUT2D eigenvalue weighted by Gasteiger charge is -2.26. The molecule has 1 rings (SSSR count). The molecule has 0 saturated heterocycles. The molecular weight excluding hydrogens is 236 g/mol. The second-order valence-electron chi connectivity index (χ2n) is 3.21. The second kappa shape index (κ2) is 4.77. The number of ether oxygens (including phenoxy) is 1. The summed E-state index contributed by atoms with van der Waals surface area (Å²) in [5.41, 5.74) is 0. The van der Waals surface area contributed by atoms with Crippen molar-refractivity contribution in [3.63, 3.8) is 0 Å². The Morgan fingerprint density at radius 3 is 3.08 bits per heavy atom. The molecule has 0 saturated carbocycles. The van der Waals surface area contributed by atoms with Crippen LogP contribution in [-0.2, 0) is 9.53 Å². The van der Waals surface area contributed by atoms with Gasteiger partial charge in [0.15, 0.2) is 0 Å². The molecule has 0 amide bonds. The van der Waals surface area contributed by atoms with Crippen molar-refractivity contribution in [3.05, 3.63) is 10.6 Å². The first kappa shape index (κ1) is 10.7. The highest BCUT2D eigenvalue weighted by atomic mass is 79.9. The van der Waals surface area contributed by atoms with E-state index in [0.717, 1.165) is 17.3 Å². The minimum absolute atomic E-state index is 0.0563. The minimum atomic E-state index is -0.751. The predicted molar refractivity (Wildman–Crippen MR) is 52.8 cm³/mol. The summed E-state index contributed by atoms with van der Waals surface area (Å²) in [6.45, 7) is 0. The third-order valence-electron chi connectivity index (χ3n) is 2.27. The van der Waals surface area contributed by atoms with E-state index in [2.05, 4.69) is 15.9 Å². The largest absolute Gasteiger partial charge is 0.481 e. The predicted octanol–water partition coefficient (Wildman–Crippen LogP) is 2.16. The standard InChI is InChI=1S/C9H13BrO3/c1-13-8-5-7(10)3-2-6(8)4-9(11)12/h5-6,8H,2-4H2,1H3,(H,11,12). The molecular formula is C9H13BrO3. The van der Waals surface area contributed by atoms with Crippen LogP contribution < -0.4 is 0 Å². The first-order valence-corrected chi connectivity index (χ1v) is 5.03. The number of methoxy groups -OCH3 is 1. The minimum Gasteiger partial charge on any atom is -0.481 e. The van der Waals surface area contributed by atoms with Crippen LogP contribution in [0.2, 0.25) is 0 Å². The molecule has 0 bridgehead atoms. The molecule has 2 atom stereocenters. The van der Waals surface area contributed by atoms with Gasteiger partial charge >= 0.3 is 5.97 Å². The summed E-state index contributed by atoms with van der Waals surface area (Å²) < 4.78 is 6.32. The Labute approximate surface area is 85.9 Å². The van der Waals surface area contributed by atoms with Crippen LogP contribution in [0.15, 0.2) is 10.6 Å². The number of allylic oxidation sites excluding steroid dienone is 1. The van der Waals surface area contributed by atoms with Crippen molar-refractivity contribution in [1.29, 1.82) is 0 Å². The maximum Gasteiger partial charge on any atom is 0.303 e. The number of rotatable bonds is 3. The molecule has 1 N–H and O–H groups in total. The van der Waals surface area contributed by atoms with E-state index in [1.807, 2.05) is 6.08 Å². The average molecular weight is 249 g/mol. The zero-order chi connectivity index (χ0) is 9.84. The Bertz CT molecular complexity index is 225. The molecule has 4 heteroatoms. The van der Waals surface area contributed by atoms with Crippen molar-refractivity contribution < 1.29 is 14.6 Å². The van der Waals surface area contributed by atoms with Crippen molar-refractivity contribution >= 4 is 21.9 Å². The first-order valence-electron chi connectivity index (χ1n) is 4.24. The van der Waals surface area contributed by atoms with Gasteiger partial charge in [-0.2, -0.15) is 0 Å². The molecule has 0 fully saturated rings. The fraction of sp³-hybridized carbons (Fsp3) is 0.667. The maximum absolute atomic E-state index is 10.5. The Hall–Kier alpha value is -0.350. The first-order chi connectivity index (χ1) is 6.13. The zero-order valence-electron chi connectivity index (χ0n) is 7.50. The highest BCUT2D eigenvalue weighted by Gasteiger charge is 2.25. The third kappa shape index (κ3) is 3.12. The second-order valence-corrected chi connectivity index (χ2v) is 4.23. The number of carboxylic acid groups (broad SMARTS) is 1. The van der Waals surface area contributed by atoms with Crippen LogP contribution >= 0.6 is 15.9 Å². The Morgan fingerprint density at radius 1 is 1.85 bits per heavy atom. The summed E-state index contributed by atoms with van der Waals surface area (Å²) in [7, 11) is 1.61. The van der Waals surface area contributed by atoms with E-state index in [0.29, 0.717) is 0 Å². The van der Waals surface area contributed by atoms with Gasteiger partial charge in [0.25, 0.3) is 0 Å². The van der Waals surface area contributed by atoms with Gasteiger partial charge in [0.2, 0.25) is 0 Å². The molecule has 0 radical (unpaired) electrons. The fourth-order valence-corrected chi connectivity index (χ4v) is 2.08. The van der Waals surface area contributed by atoms with Gasteiger partial charge < -0.3 is 9.84 Å². The van der Waals surface area contributed by atoms with Gasteiger partial charge in [-0.3, -0.25) is 4.79 Å². The summed E-state index contributed by atoms with van der Waals surface area (Å²) in [4.78, 5) is 10.5. The van der Waals surface area contributed by atoms with Crippen LogP contribution in [0.25, 0.3) is 0 Å². The van der Waals surface area contributed by atoms with Gasteiger partial charge in [-0.15, -0.1) is 0 Å². The molecule has 13 heavy (non-hydrogen) atoms. The quantitative estimate of drug-likeness (QED) is 0.833. The lowest BCUT2D eigenvalue weighted by Crippen LogP contribution is -2.26. The number of hydrogen-bond donors (Lipinski definition) is 1. The monoisotopic (exact) mass is 248 g/mol. The number of aliphatic carboxylic acids is 1. The SMILES string of the molecule is COC1C=C(Br)CCC1CC(=O)O. The number of carbonyl (C=O) groups is 1. The van der Waals surface area contributed by atoms with Crippen LogP contribution in [0.5, 0.6) is 0 Å². The van der Waals surface area contributed by atoms with E-state index in [1.165, 1.54) is 0 Å². The lowest BCUT2D eigenvalue weighted by atomic mass is 9.89. The van der Waals surface area contributed by atoms with E-state index < -0.39 is 5.97 Å². The highest BCUT2D eigenvalue weighted by molar-refractivity contribution is 9.11. The molecule has 0 heterocycles. The Kier molecular flexibility index (Phi) is 3.93. The van der Waals surface area contributed by atoms with Crippen molar-refractivity contribution in [2.45, 2.75) is 25.4 Å². The van der Waals surface area contributed by atoms with Gasteiger partial charge in [-0.05, 0) is 29.3 Å². The lowest BCUT2D eigenvalue weighted by molar-refractivity contribution is -0.139. The van der Waals surface area contributed by atoms with Crippen LogP contribution in [0, 0.1) is 5.92 Å². The van der Waals surface area contributed by atoms with Crippen LogP contribution in [0.4, 0.5) is 0 Å². The number of halogens is 1. The van der Waals surface area contributed by atoms with Crippen LogP contribution in [0.3, 0.4) is 0 Å². The normalized spacial score (nSPS) is 28.3. The average Bonchev–Trinajstić information content (AvgIpc) is 2.07. The fourth-order valence-electron chi connectivity index (χ4n) is 1.59. The molecule has 74 valence electrons.